The molecule has 136 valence electrons. The van der Waals surface area contributed by atoms with E-state index in [0.717, 1.165) is 31.2 Å². The Balaban J connectivity index is 1.60. The van der Waals surface area contributed by atoms with E-state index in [1.165, 1.54) is 0 Å². The summed E-state index contributed by atoms with van der Waals surface area (Å²) in [6, 6.07) is 6.22. The van der Waals surface area contributed by atoms with Gasteiger partial charge in [-0.2, -0.15) is 4.98 Å². The number of likely N-dealkylation sites (tertiary alicyclic amines) is 1. The first-order valence-corrected chi connectivity index (χ1v) is 9.01. The molecule has 2 fully saturated rings. The van der Waals surface area contributed by atoms with Crippen LogP contribution in [0.5, 0.6) is 0 Å². The minimum absolute atomic E-state index is 0.0376. The number of nitrogens with zero attached hydrogens (tertiary/aromatic N) is 3. The van der Waals surface area contributed by atoms with E-state index in [9.17, 15) is 14.7 Å². The summed E-state index contributed by atoms with van der Waals surface area (Å²) in [5.74, 6) is 0.128. The molecular formula is C19H21N3O4. The molecule has 1 aliphatic carbocycles. The van der Waals surface area contributed by atoms with Crippen molar-refractivity contribution in [3.05, 3.63) is 35.7 Å². The molecule has 1 aromatic carbocycles. The van der Waals surface area contributed by atoms with Crippen molar-refractivity contribution in [3.63, 3.8) is 0 Å². The zero-order chi connectivity index (χ0) is 18.3. The van der Waals surface area contributed by atoms with Gasteiger partial charge in [0.15, 0.2) is 5.82 Å². The number of amides is 1. The predicted molar refractivity (Wildman–Crippen MR) is 92.4 cm³/mol. The predicted octanol–water partition coefficient (Wildman–Crippen LogP) is 2.90. The minimum atomic E-state index is -0.911. The van der Waals surface area contributed by atoms with Crippen molar-refractivity contribution < 1.29 is 19.2 Å². The van der Waals surface area contributed by atoms with E-state index in [4.69, 9.17) is 4.52 Å². The van der Waals surface area contributed by atoms with Gasteiger partial charge in [0.1, 0.15) is 6.04 Å². The molecule has 1 aliphatic heterocycles. The maximum atomic E-state index is 13.1. The lowest BCUT2D eigenvalue weighted by molar-refractivity contribution is -0.141. The fourth-order valence-electron chi connectivity index (χ4n) is 4.29. The summed E-state index contributed by atoms with van der Waals surface area (Å²) < 4.78 is 5.14. The summed E-state index contributed by atoms with van der Waals surface area (Å²) in [4.78, 5) is 30.6. The van der Waals surface area contributed by atoms with E-state index in [0.29, 0.717) is 29.6 Å². The van der Waals surface area contributed by atoms with Gasteiger partial charge >= 0.3 is 5.97 Å². The zero-order valence-corrected chi connectivity index (χ0v) is 14.6. The lowest BCUT2D eigenvalue weighted by Gasteiger charge is -2.33. The number of benzene rings is 1. The molecule has 0 unspecified atom stereocenters. The normalized spacial score (nSPS) is 25.1. The highest BCUT2D eigenvalue weighted by molar-refractivity contribution is 5.97. The topological polar surface area (TPSA) is 96.5 Å². The van der Waals surface area contributed by atoms with Gasteiger partial charge < -0.3 is 14.5 Å². The Morgan fingerprint density at radius 1 is 1.19 bits per heavy atom. The lowest BCUT2D eigenvalue weighted by Crippen LogP contribution is -2.46. The second kappa shape index (κ2) is 6.55. The monoisotopic (exact) mass is 355 g/mol. The van der Waals surface area contributed by atoms with Gasteiger partial charge in [-0.05, 0) is 56.4 Å². The summed E-state index contributed by atoms with van der Waals surface area (Å²) in [7, 11) is 0. The fourth-order valence-corrected chi connectivity index (χ4v) is 4.29. The van der Waals surface area contributed by atoms with Crippen LogP contribution in [0, 0.1) is 12.8 Å². The van der Waals surface area contributed by atoms with Crippen molar-refractivity contribution in [1.29, 1.82) is 0 Å². The molecule has 0 radical (unpaired) electrons. The van der Waals surface area contributed by atoms with Crippen LogP contribution in [0.25, 0.3) is 11.5 Å². The smallest absolute Gasteiger partial charge is 0.326 e. The number of hydrogen-bond acceptors (Lipinski definition) is 5. The Labute approximate surface area is 151 Å². The van der Waals surface area contributed by atoms with E-state index in [-0.39, 0.29) is 11.9 Å². The fraction of sp³-hybridized carbons (Fsp3) is 0.474. The molecule has 0 spiro atoms. The maximum absolute atomic E-state index is 13.1. The van der Waals surface area contributed by atoms with E-state index in [2.05, 4.69) is 10.1 Å². The van der Waals surface area contributed by atoms with Gasteiger partial charge in [-0.25, -0.2) is 4.79 Å². The van der Waals surface area contributed by atoms with E-state index in [1.807, 2.05) is 0 Å². The van der Waals surface area contributed by atoms with Crippen LogP contribution < -0.4 is 0 Å². The first-order chi connectivity index (χ1) is 12.5. The molecule has 1 N–H and O–H groups in total. The van der Waals surface area contributed by atoms with Crippen molar-refractivity contribution in [2.24, 2.45) is 5.92 Å². The highest BCUT2D eigenvalue weighted by atomic mass is 16.5. The van der Waals surface area contributed by atoms with E-state index in [1.54, 1.807) is 36.1 Å². The molecule has 26 heavy (non-hydrogen) atoms. The Kier molecular flexibility index (Phi) is 4.22. The molecule has 2 aliphatic rings. The Hall–Kier alpha value is -2.70. The maximum Gasteiger partial charge on any atom is 0.326 e. The average molecular weight is 355 g/mol. The van der Waals surface area contributed by atoms with Crippen LogP contribution in [-0.4, -0.2) is 44.1 Å². The molecular weight excluding hydrogens is 334 g/mol. The number of aromatic nitrogens is 2. The first-order valence-electron chi connectivity index (χ1n) is 9.01. The van der Waals surface area contributed by atoms with Gasteiger partial charge in [-0.15, -0.1) is 0 Å². The molecule has 1 amide bonds. The molecule has 2 heterocycles. The van der Waals surface area contributed by atoms with Crippen LogP contribution in [0.15, 0.2) is 28.8 Å². The number of fused-ring (bicyclic) bond motifs is 1. The number of carbonyl (C=O) groups is 2. The first kappa shape index (κ1) is 16.8. The molecule has 7 nitrogen and oxygen atoms in total. The lowest BCUT2D eigenvalue weighted by atomic mass is 9.84. The van der Waals surface area contributed by atoms with Gasteiger partial charge in [0.2, 0.25) is 0 Å². The summed E-state index contributed by atoms with van der Waals surface area (Å²) in [5, 5.41) is 13.4. The Bertz CT molecular complexity index is 830. The molecule has 7 heteroatoms. The summed E-state index contributed by atoms with van der Waals surface area (Å²) in [6.07, 6.45) is 4.62. The highest BCUT2D eigenvalue weighted by Gasteiger charge is 2.47. The molecule has 1 aromatic heterocycles. The largest absolute Gasteiger partial charge is 0.480 e. The third-order valence-electron chi connectivity index (χ3n) is 5.51. The molecule has 2 aromatic rings. The third kappa shape index (κ3) is 2.87. The van der Waals surface area contributed by atoms with Crippen molar-refractivity contribution >= 4 is 11.9 Å². The van der Waals surface area contributed by atoms with Crippen LogP contribution in [0.3, 0.4) is 0 Å². The SMILES string of the molecule is Cc1noc(-c2ccc(C(=O)N3[C@H](C(=O)O)C[C@@H]4CCCC[C@@H]43)cc2)n1. The minimum Gasteiger partial charge on any atom is -0.480 e. The quantitative estimate of drug-likeness (QED) is 0.909. The number of carboxylic acid groups (broad SMARTS) is 1. The van der Waals surface area contributed by atoms with Crippen molar-refractivity contribution in [3.8, 4) is 11.5 Å². The van der Waals surface area contributed by atoms with Gasteiger partial charge in [0.25, 0.3) is 11.8 Å². The number of hydrogen-bond donors (Lipinski definition) is 1. The molecule has 4 rings (SSSR count). The van der Waals surface area contributed by atoms with Gasteiger partial charge in [-0.3, -0.25) is 4.79 Å². The summed E-state index contributed by atoms with van der Waals surface area (Å²) in [6.45, 7) is 1.74. The number of aryl methyl sites for hydroxylation is 1. The van der Waals surface area contributed by atoms with Crippen molar-refractivity contribution in [2.75, 3.05) is 0 Å². The average Bonchev–Trinajstić information content (AvgIpc) is 3.25. The zero-order valence-electron chi connectivity index (χ0n) is 14.6. The second-order valence-corrected chi connectivity index (χ2v) is 7.14. The second-order valence-electron chi connectivity index (χ2n) is 7.14. The molecule has 1 saturated carbocycles. The standard InChI is InChI=1S/C19H21N3O4/c1-11-20-17(26-21-11)12-6-8-13(9-7-12)18(23)22-15-5-3-2-4-14(15)10-16(22)19(24)25/h6-9,14-16H,2-5,10H2,1H3,(H,24,25)/t14-,15-,16-/m0/s1. The number of carboxylic acids is 1. The van der Waals surface area contributed by atoms with Crippen molar-refractivity contribution in [1.82, 2.24) is 15.0 Å². The van der Waals surface area contributed by atoms with Crippen LogP contribution in [0.4, 0.5) is 0 Å². The number of carbonyl (C=O) groups excluding carboxylic acids is 1. The molecule has 0 bridgehead atoms. The number of aliphatic carboxylic acids is 1. The molecule has 3 atom stereocenters. The number of rotatable bonds is 3. The van der Waals surface area contributed by atoms with Crippen LogP contribution in [0.2, 0.25) is 0 Å². The van der Waals surface area contributed by atoms with Gasteiger partial charge in [0.05, 0.1) is 0 Å². The molecule has 1 saturated heterocycles. The van der Waals surface area contributed by atoms with Crippen LogP contribution >= 0.6 is 0 Å². The van der Waals surface area contributed by atoms with E-state index < -0.39 is 12.0 Å². The Morgan fingerprint density at radius 2 is 1.92 bits per heavy atom. The highest BCUT2D eigenvalue weighted by Crippen LogP contribution is 2.40. The van der Waals surface area contributed by atoms with Gasteiger partial charge in [-0.1, -0.05) is 18.0 Å². The van der Waals surface area contributed by atoms with E-state index >= 15 is 0 Å². The summed E-state index contributed by atoms with van der Waals surface area (Å²) in [5.41, 5.74) is 1.22. The third-order valence-corrected chi connectivity index (χ3v) is 5.51. The van der Waals surface area contributed by atoms with Gasteiger partial charge in [0, 0.05) is 17.2 Å². The summed E-state index contributed by atoms with van der Waals surface area (Å²) >= 11 is 0. The van der Waals surface area contributed by atoms with Crippen molar-refractivity contribution in [2.45, 2.75) is 51.1 Å². The van der Waals surface area contributed by atoms with Crippen LogP contribution in [0.1, 0.15) is 48.3 Å². The van der Waals surface area contributed by atoms with Crippen LogP contribution in [-0.2, 0) is 4.79 Å². The Morgan fingerprint density at radius 3 is 2.58 bits per heavy atom.